The zero-order valence-electron chi connectivity index (χ0n) is 19.1. The molecule has 3 aromatic rings. The number of fused-ring (bicyclic) bond motifs is 1. The van der Waals surface area contributed by atoms with Crippen LogP contribution in [0.1, 0.15) is 50.0 Å². The number of urea groups is 1. The summed E-state index contributed by atoms with van der Waals surface area (Å²) in [6.07, 6.45) is 3.90. The summed E-state index contributed by atoms with van der Waals surface area (Å²) in [7, 11) is 3.23. The fraction of sp³-hybridized carbons (Fsp3) is 0.458. The Balaban J connectivity index is 1.50. The summed E-state index contributed by atoms with van der Waals surface area (Å²) in [5, 5.41) is 11.9. The molecule has 4 rings (SSSR count). The number of carbonyl (C=O) groups excluding carboxylic acids is 1. The van der Waals surface area contributed by atoms with E-state index >= 15 is 0 Å². The Morgan fingerprint density at radius 1 is 1.12 bits per heavy atom. The maximum atomic E-state index is 13.3. The first-order valence-electron chi connectivity index (χ1n) is 11.1. The van der Waals surface area contributed by atoms with Crippen LogP contribution in [-0.2, 0) is 0 Å². The first kappa shape index (κ1) is 21.9. The van der Waals surface area contributed by atoms with Crippen LogP contribution in [0.3, 0.4) is 0 Å². The van der Waals surface area contributed by atoms with Gasteiger partial charge >= 0.3 is 6.03 Å². The molecular formula is C24H31N5O3. The van der Waals surface area contributed by atoms with Crippen molar-refractivity contribution < 1.29 is 14.3 Å². The van der Waals surface area contributed by atoms with Crippen LogP contribution < -0.4 is 14.8 Å². The summed E-state index contributed by atoms with van der Waals surface area (Å²) in [6.45, 7) is 5.56. The van der Waals surface area contributed by atoms with Crippen LogP contribution in [0.2, 0.25) is 0 Å². The molecule has 1 saturated heterocycles. The lowest BCUT2D eigenvalue weighted by atomic mass is 9.95. The maximum absolute atomic E-state index is 13.3. The number of carbonyl (C=O) groups is 1. The number of hydrogen-bond donors (Lipinski definition) is 1. The predicted molar refractivity (Wildman–Crippen MR) is 122 cm³/mol. The van der Waals surface area contributed by atoms with Gasteiger partial charge in [-0.25, -0.2) is 4.79 Å². The second kappa shape index (κ2) is 9.46. The van der Waals surface area contributed by atoms with E-state index in [9.17, 15) is 4.79 Å². The van der Waals surface area contributed by atoms with Crippen molar-refractivity contribution in [3.05, 3.63) is 54.0 Å². The van der Waals surface area contributed by atoms with E-state index in [0.29, 0.717) is 18.0 Å². The van der Waals surface area contributed by atoms with Gasteiger partial charge in [-0.05, 0) is 48.6 Å². The highest BCUT2D eigenvalue weighted by Crippen LogP contribution is 2.33. The summed E-state index contributed by atoms with van der Waals surface area (Å²) < 4.78 is 12.8. The predicted octanol–water partition coefficient (Wildman–Crippen LogP) is 4.03. The van der Waals surface area contributed by atoms with Gasteiger partial charge in [-0.1, -0.05) is 26.0 Å². The average Bonchev–Trinajstić information content (AvgIpc) is 3.26. The van der Waals surface area contributed by atoms with Gasteiger partial charge < -0.3 is 19.7 Å². The molecule has 1 N–H and O–H groups in total. The molecular weight excluding hydrogens is 406 g/mol. The normalized spacial score (nSPS) is 17.4. The van der Waals surface area contributed by atoms with Crippen molar-refractivity contribution in [2.24, 2.45) is 5.92 Å². The van der Waals surface area contributed by atoms with Gasteiger partial charge in [0.25, 0.3) is 0 Å². The Kier molecular flexibility index (Phi) is 6.48. The van der Waals surface area contributed by atoms with Crippen molar-refractivity contribution in [1.29, 1.82) is 0 Å². The summed E-state index contributed by atoms with van der Waals surface area (Å²) in [6, 6.07) is 11.5. The first-order chi connectivity index (χ1) is 15.5. The minimum Gasteiger partial charge on any atom is -0.493 e. The van der Waals surface area contributed by atoms with E-state index in [4.69, 9.17) is 9.47 Å². The molecule has 2 atom stereocenters. The molecule has 32 heavy (non-hydrogen) atoms. The van der Waals surface area contributed by atoms with Crippen LogP contribution in [0, 0.1) is 5.92 Å². The molecule has 0 aliphatic carbocycles. The molecule has 2 aromatic heterocycles. The number of nitrogens with one attached hydrogen (secondary N) is 1. The van der Waals surface area contributed by atoms with E-state index in [1.165, 1.54) is 0 Å². The second-order valence-corrected chi connectivity index (χ2v) is 8.56. The number of hydrogen-bond acceptors (Lipinski definition) is 5. The Morgan fingerprint density at radius 2 is 1.94 bits per heavy atom. The lowest BCUT2D eigenvalue weighted by Crippen LogP contribution is -2.47. The minimum atomic E-state index is -0.142. The largest absolute Gasteiger partial charge is 0.493 e. The fourth-order valence-corrected chi connectivity index (χ4v) is 4.42. The Labute approximate surface area is 188 Å². The zero-order valence-corrected chi connectivity index (χ0v) is 19.1. The van der Waals surface area contributed by atoms with Gasteiger partial charge in [0, 0.05) is 25.2 Å². The Hall–Kier alpha value is -3.29. The molecule has 170 valence electrons. The molecule has 1 aliphatic rings. The number of piperidine rings is 1. The third-order valence-electron chi connectivity index (χ3n) is 6.13. The molecule has 8 heteroatoms. The highest BCUT2D eigenvalue weighted by Gasteiger charge is 2.30. The minimum absolute atomic E-state index is 0.0583. The molecule has 8 nitrogen and oxygen atoms in total. The highest BCUT2D eigenvalue weighted by atomic mass is 16.5. The molecule has 0 saturated carbocycles. The van der Waals surface area contributed by atoms with Gasteiger partial charge in [-0.3, -0.25) is 4.40 Å². The van der Waals surface area contributed by atoms with Gasteiger partial charge in [0.2, 0.25) is 0 Å². The van der Waals surface area contributed by atoms with Crippen molar-refractivity contribution in [1.82, 2.24) is 24.8 Å². The van der Waals surface area contributed by atoms with Gasteiger partial charge in [-0.2, -0.15) is 0 Å². The van der Waals surface area contributed by atoms with Crippen LogP contribution in [0.25, 0.3) is 5.65 Å². The summed E-state index contributed by atoms with van der Waals surface area (Å²) >= 11 is 0. The second-order valence-electron chi connectivity index (χ2n) is 8.56. The topological polar surface area (TPSA) is 81.0 Å². The monoisotopic (exact) mass is 437 g/mol. The van der Waals surface area contributed by atoms with E-state index < -0.39 is 0 Å². The van der Waals surface area contributed by atoms with Crippen molar-refractivity contribution in [2.45, 2.75) is 38.6 Å². The van der Waals surface area contributed by atoms with Crippen LogP contribution in [-0.4, -0.2) is 52.8 Å². The van der Waals surface area contributed by atoms with E-state index in [0.717, 1.165) is 36.4 Å². The number of rotatable bonds is 6. The van der Waals surface area contributed by atoms with Crippen LogP contribution in [0.4, 0.5) is 4.79 Å². The highest BCUT2D eigenvalue weighted by molar-refractivity contribution is 5.75. The molecule has 1 fully saturated rings. The fourth-order valence-electron chi connectivity index (χ4n) is 4.42. The summed E-state index contributed by atoms with van der Waals surface area (Å²) in [5.41, 5.74) is 1.82. The molecule has 3 heterocycles. The van der Waals surface area contributed by atoms with E-state index in [1.54, 1.807) is 14.2 Å². The SMILES string of the molecule is COc1ccc([C@H](NC(=O)N2CCC[C@H](c3nnc4ccccn34)C2)C(C)C)cc1OC. The summed E-state index contributed by atoms with van der Waals surface area (Å²) in [4.78, 5) is 15.2. The van der Waals surface area contributed by atoms with Crippen molar-refractivity contribution in [2.75, 3.05) is 27.3 Å². The number of aromatic nitrogens is 3. The van der Waals surface area contributed by atoms with E-state index in [2.05, 4.69) is 29.4 Å². The van der Waals surface area contributed by atoms with Crippen molar-refractivity contribution >= 4 is 11.7 Å². The number of likely N-dealkylation sites (tertiary alicyclic amines) is 1. The number of nitrogens with zero attached hydrogens (tertiary/aromatic N) is 4. The molecule has 0 radical (unpaired) electrons. The molecule has 0 spiro atoms. The smallest absolute Gasteiger partial charge is 0.317 e. The van der Waals surface area contributed by atoms with Crippen molar-refractivity contribution in [3.8, 4) is 11.5 Å². The van der Waals surface area contributed by atoms with Gasteiger partial charge in [0.15, 0.2) is 17.1 Å². The standard InChI is InChI=1S/C24H31N5O3/c1-16(2)22(17-10-11-19(31-3)20(14-17)32-4)25-24(30)28-12-7-8-18(15-28)23-27-26-21-9-5-6-13-29(21)23/h5-6,9-11,13-14,16,18,22H,7-8,12,15H2,1-4H3,(H,25,30)/t18-,22+/m0/s1. The number of pyridine rings is 1. The molecule has 1 aliphatic heterocycles. The quantitative estimate of drug-likeness (QED) is 0.630. The first-order valence-corrected chi connectivity index (χ1v) is 11.1. The average molecular weight is 438 g/mol. The van der Waals surface area contributed by atoms with E-state index in [-0.39, 0.29) is 23.9 Å². The lowest BCUT2D eigenvalue weighted by molar-refractivity contribution is 0.171. The van der Waals surface area contributed by atoms with Crippen molar-refractivity contribution in [3.63, 3.8) is 0 Å². The third kappa shape index (κ3) is 4.35. The molecule has 2 amide bonds. The van der Waals surface area contributed by atoms with Gasteiger partial charge in [0.1, 0.15) is 5.82 Å². The maximum Gasteiger partial charge on any atom is 0.317 e. The molecule has 0 unspecified atom stereocenters. The lowest BCUT2D eigenvalue weighted by Gasteiger charge is -2.34. The molecule has 0 bridgehead atoms. The van der Waals surface area contributed by atoms with Crippen LogP contribution >= 0.6 is 0 Å². The Bertz CT molecular complexity index is 1080. The van der Waals surface area contributed by atoms with Gasteiger partial charge in [-0.15, -0.1) is 10.2 Å². The molecule has 1 aromatic carbocycles. The van der Waals surface area contributed by atoms with Crippen LogP contribution in [0.15, 0.2) is 42.6 Å². The van der Waals surface area contributed by atoms with E-state index in [1.807, 2.05) is 51.9 Å². The zero-order chi connectivity index (χ0) is 22.7. The van der Waals surface area contributed by atoms with Crippen LogP contribution in [0.5, 0.6) is 11.5 Å². The number of benzene rings is 1. The third-order valence-corrected chi connectivity index (χ3v) is 6.13. The number of ether oxygens (including phenoxy) is 2. The van der Waals surface area contributed by atoms with Gasteiger partial charge in [0.05, 0.1) is 20.3 Å². The number of amides is 2. The Morgan fingerprint density at radius 3 is 2.69 bits per heavy atom. The number of methoxy groups -OCH3 is 2. The summed E-state index contributed by atoms with van der Waals surface area (Å²) in [5.74, 6) is 2.60.